The largest absolute Gasteiger partial charge is 0.325 e. The Labute approximate surface area is 127 Å². The predicted octanol–water partition coefficient (Wildman–Crippen LogP) is 2.86. The fraction of sp³-hybridized carbons (Fsp3) is 0.357. The Morgan fingerprint density at radius 1 is 1.52 bits per heavy atom. The van der Waals surface area contributed by atoms with Crippen molar-refractivity contribution >= 4 is 23.4 Å². The van der Waals surface area contributed by atoms with Crippen LogP contribution in [-0.4, -0.2) is 25.9 Å². The first-order valence-electron chi connectivity index (χ1n) is 6.62. The van der Waals surface area contributed by atoms with Gasteiger partial charge in [-0.2, -0.15) is 0 Å². The molecule has 1 aromatic heterocycles. The molecule has 1 amide bonds. The molecule has 1 heterocycles. The summed E-state index contributed by atoms with van der Waals surface area (Å²) in [5.41, 5.74) is 0.999. The lowest BCUT2D eigenvalue weighted by Gasteiger charge is -2.12. The number of hydrogen-bond donors (Lipinski definition) is 1. The number of halogens is 1. The maximum Gasteiger partial charge on any atom is 0.237 e. The number of anilines is 1. The van der Waals surface area contributed by atoms with E-state index >= 15 is 0 Å². The number of thioether (sulfide) groups is 1. The molecule has 0 aliphatic heterocycles. The van der Waals surface area contributed by atoms with Gasteiger partial charge in [-0.05, 0) is 38.5 Å². The summed E-state index contributed by atoms with van der Waals surface area (Å²) in [5.74, 6) is -0.535. The zero-order valence-corrected chi connectivity index (χ0v) is 12.9. The van der Waals surface area contributed by atoms with E-state index in [2.05, 4.69) is 15.5 Å². The van der Waals surface area contributed by atoms with Gasteiger partial charge in [-0.3, -0.25) is 4.79 Å². The predicted molar refractivity (Wildman–Crippen MR) is 80.8 cm³/mol. The first-order chi connectivity index (χ1) is 10.0. The Morgan fingerprint density at radius 2 is 2.29 bits per heavy atom. The van der Waals surface area contributed by atoms with Gasteiger partial charge in [0.15, 0.2) is 5.16 Å². The van der Waals surface area contributed by atoms with E-state index in [1.807, 2.05) is 11.5 Å². The van der Waals surface area contributed by atoms with Crippen molar-refractivity contribution in [3.63, 3.8) is 0 Å². The zero-order valence-electron chi connectivity index (χ0n) is 12.1. The molecule has 0 spiro atoms. The molecule has 0 aliphatic carbocycles. The van der Waals surface area contributed by atoms with Crippen LogP contribution in [0.5, 0.6) is 0 Å². The van der Waals surface area contributed by atoms with Gasteiger partial charge in [0, 0.05) is 12.2 Å². The highest BCUT2D eigenvalue weighted by Crippen LogP contribution is 2.22. The highest BCUT2D eigenvalue weighted by molar-refractivity contribution is 8.00. The van der Waals surface area contributed by atoms with Crippen LogP contribution in [0, 0.1) is 12.7 Å². The number of hydrogen-bond acceptors (Lipinski definition) is 4. The minimum absolute atomic E-state index is 0.200. The Kier molecular flexibility index (Phi) is 4.95. The van der Waals surface area contributed by atoms with E-state index in [4.69, 9.17) is 0 Å². The summed E-state index contributed by atoms with van der Waals surface area (Å²) in [5, 5.41) is 10.8. The van der Waals surface area contributed by atoms with Gasteiger partial charge in [0.2, 0.25) is 5.91 Å². The summed E-state index contributed by atoms with van der Waals surface area (Å²) in [6.45, 7) is 6.18. The van der Waals surface area contributed by atoms with Gasteiger partial charge >= 0.3 is 0 Å². The Balaban J connectivity index is 2.01. The lowest BCUT2D eigenvalue weighted by molar-refractivity contribution is -0.115. The molecule has 1 aromatic carbocycles. The molecular formula is C14H17FN4OS. The lowest BCUT2D eigenvalue weighted by Crippen LogP contribution is -2.23. The van der Waals surface area contributed by atoms with Crippen LogP contribution in [0.3, 0.4) is 0 Å². The molecule has 1 atom stereocenters. The first kappa shape index (κ1) is 15.5. The molecule has 0 radical (unpaired) electrons. The summed E-state index contributed by atoms with van der Waals surface area (Å²) in [6, 6.07) is 4.64. The third kappa shape index (κ3) is 3.81. The van der Waals surface area contributed by atoms with Crippen LogP contribution in [-0.2, 0) is 11.3 Å². The summed E-state index contributed by atoms with van der Waals surface area (Å²) in [7, 11) is 0. The normalized spacial score (nSPS) is 12.2. The number of aromatic nitrogens is 3. The summed E-state index contributed by atoms with van der Waals surface area (Å²) < 4.78 is 15.3. The Morgan fingerprint density at radius 3 is 2.95 bits per heavy atom. The molecule has 2 rings (SSSR count). The number of aryl methyl sites for hydroxylation is 2. The van der Waals surface area contributed by atoms with Crippen molar-refractivity contribution in [3.8, 4) is 0 Å². The minimum atomic E-state index is -0.358. The monoisotopic (exact) mass is 308 g/mol. The number of nitrogens with zero attached hydrogens (tertiary/aromatic N) is 3. The topological polar surface area (TPSA) is 59.8 Å². The molecule has 2 aromatic rings. The molecule has 7 heteroatoms. The van der Waals surface area contributed by atoms with Gasteiger partial charge in [0.25, 0.3) is 0 Å². The lowest BCUT2D eigenvalue weighted by atomic mass is 10.2. The van der Waals surface area contributed by atoms with Crippen LogP contribution in [0.15, 0.2) is 29.7 Å². The van der Waals surface area contributed by atoms with Crippen LogP contribution in [0.2, 0.25) is 0 Å². The first-order valence-corrected chi connectivity index (χ1v) is 7.50. The van der Waals surface area contributed by atoms with E-state index in [-0.39, 0.29) is 17.0 Å². The van der Waals surface area contributed by atoms with Crippen molar-refractivity contribution in [2.24, 2.45) is 0 Å². The summed E-state index contributed by atoms with van der Waals surface area (Å²) in [4.78, 5) is 12.1. The molecule has 0 bridgehead atoms. The van der Waals surface area contributed by atoms with Gasteiger partial charge in [-0.25, -0.2) is 4.39 Å². The minimum Gasteiger partial charge on any atom is -0.325 e. The SMILES string of the molecule is CCn1cnnc1S[C@@H](C)C(=O)Nc1ccc(C)c(F)c1. The molecule has 0 saturated heterocycles. The number of amides is 1. The van der Waals surface area contributed by atoms with Crippen LogP contribution in [0.4, 0.5) is 10.1 Å². The average molecular weight is 308 g/mol. The smallest absolute Gasteiger partial charge is 0.237 e. The Bertz CT molecular complexity index is 644. The van der Waals surface area contributed by atoms with Crippen molar-refractivity contribution in [1.29, 1.82) is 0 Å². The van der Waals surface area contributed by atoms with Crippen LogP contribution in [0.25, 0.3) is 0 Å². The van der Waals surface area contributed by atoms with E-state index < -0.39 is 0 Å². The standard InChI is InChI=1S/C14H17FN4OS/c1-4-19-8-16-18-14(19)21-10(3)13(20)17-11-6-5-9(2)12(15)7-11/h5-8,10H,4H2,1-3H3,(H,17,20)/t10-/m0/s1. The van der Waals surface area contributed by atoms with E-state index in [0.717, 1.165) is 6.54 Å². The highest BCUT2D eigenvalue weighted by atomic mass is 32.2. The second-order valence-corrected chi connectivity index (χ2v) is 5.92. The van der Waals surface area contributed by atoms with Gasteiger partial charge in [0.05, 0.1) is 5.25 Å². The van der Waals surface area contributed by atoms with Crippen molar-refractivity contribution < 1.29 is 9.18 Å². The van der Waals surface area contributed by atoms with Crippen molar-refractivity contribution in [3.05, 3.63) is 35.9 Å². The van der Waals surface area contributed by atoms with Gasteiger partial charge in [0.1, 0.15) is 12.1 Å². The van der Waals surface area contributed by atoms with Crippen molar-refractivity contribution in [2.75, 3.05) is 5.32 Å². The van der Waals surface area contributed by atoms with E-state index in [1.165, 1.54) is 17.8 Å². The molecule has 21 heavy (non-hydrogen) atoms. The summed E-state index contributed by atoms with van der Waals surface area (Å²) in [6.07, 6.45) is 1.63. The van der Waals surface area contributed by atoms with Crippen molar-refractivity contribution in [2.45, 2.75) is 37.7 Å². The number of carbonyl (C=O) groups is 1. The van der Waals surface area contributed by atoms with Gasteiger partial charge in [-0.15, -0.1) is 10.2 Å². The molecule has 5 nitrogen and oxygen atoms in total. The fourth-order valence-corrected chi connectivity index (χ4v) is 2.57. The third-order valence-electron chi connectivity index (χ3n) is 3.01. The zero-order chi connectivity index (χ0) is 15.4. The van der Waals surface area contributed by atoms with Crippen LogP contribution in [0.1, 0.15) is 19.4 Å². The quantitative estimate of drug-likeness (QED) is 0.863. The fourth-order valence-electron chi connectivity index (χ4n) is 1.68. The number of rotatable bonds is 5. The average Bonchev–Trinajstić information content (AvgIpc) is 2.90. The van der Waals surface area contributed by atoms with Crippen LogP contribution >= 0.6 is 11.8 Å². The molecule has 0 unspecified atom stereocenters. The molecule has 112 valence electrons. The number of benzene rings is 1. The summed E-state index contributed by atoms with van der Waals surface area (Å²) >= 11 is 1.32. The molecule has 1 N–H and O–H groups in total. The van der Waals surface area contributed by atoms with E-state index in [1.54, 1.807) is 32.3 Å². The Hall–Kier alpha value is -1.89. The molecule has 0 saturated carbocycles. The molecule has 0 fully saturated rings. The maximum absolute atomic E-state index is 13.5. The maximum atomic E-state index is 13.5. The molecule has 0 aliphatic rings. The number of nitrogens with one attached hydrogen (secondary N) is 1. The van der Waals surface area contributed by atoms with Crippen LogP contribution < -0.4 is 5.32 Å². The third-order valence-corrected chi connectivity index (χ3v) is 4.11. The molecular weight excluding hydrogens is 291 g/mol. The second-order valence-electron chi connectivity index (χ2n) is 4.61. The highest BCUT2D eigenvalue weighted by Gasteiger charge is 2.18. The van der Waals surface area contributed by atoms with E-state index in [9.17, 15) is 9.18 Å². The second kappa shape index (κ2) is 6.71. The van der Waals surface area contributed by atoms with Gasteiger partial charge < -0.3 is 9.88 Å². The number of carbonyl (C=O) groups excluding carboxylic acids is 1. The van der Waals surface area contributed by atoms with Gasteiger partial charge in [-0.1, -0.05) is 17.8 Å². The van der Waals surface area contributed by atoms with Crippen molar-refractivity contribution in [1.82, 2.24) is 14.8 Å². The van der Waals surface area contributed by atoms with E-state index in [0.29, 0.717) is 16.4 Å².